The van der Waals surface area contributed by atoms with Gasteiger partial charge in [0.1, 0.15) is 29.8 Å². The van der Waals surface area contributed by atoms with Crippen molar-refractivity contribution < 1.29 is 31.3 Å². The number of carbonyl (C=O) groups excluding carboxylic acids is 2. The van der Waals surface area contributed by atoms with Crippen LogP contribution in [0.5, 0.6) is 0 Å². The van der Waals surface area contributed by atoms with Crippen molar-refractivity contribution in [3.63, 3.8) is 0 Å². The third-order valence-electron chi connectivity index (χ3n) is 7.36. The topological polar surface area (TPSA) is 49.9 Å². The van der Waals surface area contributed by atoms with E-state index in [2.05, 4.69) is 79.4 Å². The van der Waals surface area contributed by atoms with Gasteiger partial charge in [-0.1, -0.05) is 67.3 Å². The first-order chi connectivity index (χ1) is 17.7. The summed E-state index contributed by atoms with van der Waals surface area (Å²) >= 11 is 0. The molecule has 0 aliphatic carbocycles. The number of carbonyl (C=O) groups is 2. The van der Waals surface area contributed by atoms with E-state index in [4.69, 9.17) is 4.74 Å². The van der Waals surface area contributed by atoms with Gasteiger partial charge >= 0.3 is 6.09 Å². The monoisotopic (exact) mass is 578 g/mol. The zero-order valence-electron chi connectivity index (χ0n) is 20.8. The Balaban J connectivity index is 0.00000320. The summed E-state index contributed by atoms with van der Waals surface area (Å²) in [5.41, 5.74) is -0.147. The van der Waals surface area contributed by atoms with Crippen molar-refractivity contribution in [3.05, 3.63) is 104 Å². The van der Waals surface area contributed by atoms with E-state index in [1.807, 2.05) is 23.1 Å². The first kappa shape index (κ1) is 27.1. The molecular weight excluding hydrogens is 547 g/mol. The molecule has 0 aromatic heterocycles. The zero-order valence-corrected chi connectivity index (χ0v) is 23.3. The molecule has 2 fully saturated rings. The van der Waals surface area contributed by atoms with Gasteiger partial charge in [0.25, 0.3) is 5.91 Å². The lowest BCUT2D eigenvalue weighted by Crippen LogP contribution is -3.00. The Morgan fingerprint density at radius 3 is 1.86 bits per heavy atom. The minimum atomic E-state index is -2.29. The molecule has 37 heavy (non-hydrogen) atoms. The Hall–Kier alpha value is -2.95. The highest BCUT2D eigenvalue weighted by Gasteiger charge is 2.59. The number of halogens is 1. The van der Waals surface area contributed by atoms with Crippen molar-refractivity contribution in [2.75, 3.05) is 26.2 Å². The summed E-state index contributed by atoms with van der Waals surface area (Å²) in [5, 5.41) is 3.68. The van der Waals surface area contributed by atoms with Crippen molar-refractivity contribution in [1.29, 1.82) is 0 Å². The first-order valence-electron chi connectivity index (χ1n) is 12.5. The summed E-state index contributed by atoms with van der Waals surface area (Å²) in [5.74, 6) is 0.200. The number of likely N-dealkylation sites (tertiary alicyclic amines) is 2. The number of benzene rings is 3. The van der Waals surface area contributed by atoms with E-state index >= 15 is 0 Å². The molecule has 0 saturated carbocycles. The van der Waals surface area contributed by atoms with Crippen LogP contribution in [0.25, 0.3) is 0 Å². The van der Waals surface area contributed by atoms with Gasteiger partial charge in [0.2, 0.25) is 0 Å². The minimum Gasteiger partial charge on any atom is -1.00 e. The van der Waals surface area contributed by atoms with Crippen LogP contribution in [0.3, 0.4) is 0 Å². The summed E-state index contributed by atoms with van der Waals surface area (Å²) in [7, 11) is -2.29. The Morgan fingerprint density at radius 1 is 0.865 bits per heavy atom. The number of amides is 2. The molecule has 5 nitrogen and oxygen atoms in total. The van der Waals surface area contributed by atoms with Crippen LogP contribution in [-0.2, 0) is 9.53 Å². The van der Waals surface area contributed by atoms with Crippen molar-refractivity contribution in [1.82, 2.24) is 9.80 Å². The molecule has 2 atom stereocenters. The average molecular weight is 579 g/mol. The van der Waals surface area contributed by atoms with Crippen LogP contribution in [0.2, 0.25) is 0 Å². The first-order valence-corrected chi connectivity index (χ1v) is 14.4. The van der Waals surface area contributed by atoms with E-state index in [1.165, 1.54) is 15.9 Å². The summed E-state index contributed by atoms with van der Waals surface area (Å²) < 4.78 is 5.23. The molecule has 7 heteroatoms. The molecule has 0 radical (unpaired) electrons. The molecule has 5 rings (SSSR count). The minimum absolute atomic E-state index is 0. The lowest BCUT2D eigenvalue weighted by molar-refractivity contribution is -0.129. The number of ether oxygens (including phenoxy) is 1. The molecule has 2 aliphatic heterocycles. The lowest BCUT2D eigenvalue weighted by Gasteiger charge is -2.32. The fourth-order valence-corrected chi connectivity index (χ4v) is 10.7. The lowest BCUT2D eigenvalue weighted by atomic mass is 10.2. The number of nitrogens with zero attached hydrogens (tertiary/aromatic N) is 2. The van der Waals surface area contributed by atoms with Gasteiger partial charge in [0, 0.05) is 26.1 Å². The summed E-state index contributed by atoms with van der Waals surface area (Å²) in [6.45, 7) is 5.63. The smallest absolute Gasteiger partial charge is 0.410 e. The van der Waals surface area contributed by atoms with Gasteiger partial charge in [-0.3, -0.25) is 4.79 Å². The molecule has 1 unspecified atom stereocenters. The summed E-state index contributed by atoms with van der Waals surface area (Å²) in [6, 6.07) is 31.8. The Kier molecular flexibility index (Phi) is 8.83. The second kappa shape index (κ2) is 12.1. The van der Waals surface area contributed by atoms with E-state index in [9.17, 15) is 9.59 Å². The standard InChI is InChI=1S/C30H32N2O3P.BrH/c1-2-22-35-30(34)31-20-18-24(23-31)32-21-19-28(29(32)33)36(25-12-6-3-7-13-25,26-14-8-4-9-15-26)27-16-10-5-11-17-27;/h2-17,24,28H,1,18-23H2;1H/q+1;/p-1/t24-,28?;/m1./s1. The Labute approximate surface area is 230 Å². The van der Waals surface area contributed by atoms with Gasteiger partial charge in [-0.25, -0.2) is 4.79 Å². The van der Waals surface area contributed by atoms with Crippen LogP contribution in [0.4, 0.5) is 4.79 Å². The van der Waals surface area contributed by atoms with Crippen LogP contribution < -0.4 is 32.9 Å². The maximum Gasteiger partial charge on any atom is 0.410 e. The number of hydrogen-bond donors (Lipinski definition) is 0. The van der Waals surface area contributed by atoms with E-state index in [0.29, 0.717) is 19.6 Å². The number of rotatable bonds is 7. The van der Waals surface area contributed by atoms with Gasteiger partial charge in [-0.05, 0) is 42.8 Å². The fourth-order valence-electron chi connectivity index (χ4n) is 5.77. The van der Waals surface area contributed by atoms with E-state index in [0.717, 1.165) is 12.8 Å². The maximum atomic E-state index is 14.3. The number of hydrogen-bond acceptors (Lipinski definition) is 3. The van der Waals surface area contributed by atoms with Crippen molar-refractivity contribution >= 4 is 35.2 Å². The molecule has 2 aliphatic rings. The van der Waals surface area contributed by atoms with Crippen LogP contribution in [0, 0.1) is 0 Å². The molecular formula is C30H32BrN2O3P. The predicted molar refractivity (Wildman–Crippen MR) is 147 cm³/mol. The largest absolute Gasteiger partial charge is 1.00 e. The Morgan fingerprint density at radius 2 is 1.38 bits per heavy atom. The van der Waals surface area contributed by atoms with Crippen molar-refractivity contribution in [2.45, 2.75) is 24.5 Å². The second-order valence-corrected chi connectivity index (χ2v) is 12.9. The van der Waals surface area contributed by atoms with Crippen molar-refractivity contribution in [2.24, 2.45) is 0 Å². The highest BCUT2D eigenvalue weighted by atomic mass is 79.9. The maximum absolute atomic E-state index is 14.3. The molecule has 3 aromatic rings. The highest BCUT2D eigenvalue weighted by molar-refractivity contribution is 7.96. The van der Waals surface area contributed by atoms with Gasteiger partial charge in [0.05, 0.1) is 6.04 Å². The molecule has 2 amide bonds. The van der Waals surface area contributed by atoms with Crippen molar-refractivity contribution in [3.8, 4) is 0 Å². The SMILES string of the molecule is C=CCOC(=O)N1CC[C@@H](N2CCC([P+](c3ccccc3)(c3ccccc3)c3ccccc3)C2=O)C1.[Br-]. The average Bonchev–Trinajstić information content (AvgIpc) is 3.57. The van der Waals surface area contributed by atoms with Gasteiger partial charge in [0.15, 0.2) is 5.66 Å². The highest BCUT2D eigenvalue weighted by Crippen LogP contribution is 2.62. The quantitative estimate of drug-likeness (QED) is 0.310. The van der Waals surface area contributed by atoms with E-state index < -0.39 is 7.26 Å². The molecule has 0 bridgehead atoms. The Bertz CT molecular complexity index is 1110. The molecule has 0 N–H and O–H groups in total. The third kappa shape index (κ3) is 5.10. The second-order valence-electron chi connectivity index (χ2n) is 9.32. The van der Waals surface area contributed by atoms with E-state index in [1.54, 1.807) is 11.0 Å². The summed E-state index contributed by atoms with van der Waals surface area (Å²) in [6.07, 6.45) is 2.80. The predicted octanol–water partition coefficient (Wildman–Crippen LogP) is 0.982. The van der Waals surface area contributed by atoms with Gasteiger partial charge in [-0.15, -0.1) is 0 Å². The van der Waals surface area contributed by atoms with Gasteiger partial charge in [-0.2, -0.15) is 0 Å². The van der Waals surface area contributed by atoms with Crippen LogP contribution in [-0.4, -0.2) is 59.7 Å². The third-order valence-corrected chi connectivity index (χ3v) is 12.1. The molecule has 2 saturated heterocycles. The fraction of sp³-hybridized carbons (Fsp3) is 0.267. The van der Waals surface area contributed by atoms with Crippen LogP contribution in [0.1, 0.15) is 12.8 Å². The molecule has 0 spiro atoms. The van der Waals surface area contributed by atoms with Gasteiger partial charge < -0.3 is 31.5 Å². The molecule has 192 valence electrons. The van der Waals surface area contributed by atoms with Crippen LogP contribution in [0.15, 0.2) is 104 Å². The van der Waals surface area contributed by atoms with E-state index in [-0.39, 0.29) is 47.3 Å². The molecule has 3 aromatic carbocycles. The van der Waals surface area contributed by atoms with Crippen LogP contribution >= 0.6 is 7.26 Å². The molecule has 2 heterocycles. The normalized spacial score (nSPS) is 19.4. The summed E-state index contributed by atoms with van der Waals surface area (Å²) in [4.78, 5) is 30.4. The zero-order chi connectivity index (χ0) is 25.0.